The van der Waals surface area contributed by atoms with Crippen LogP contribution in [0.4, 0.5) is 13.2 Å². The van der Waals surface area contributed by atoms with Crippen LogP contribution in [0.5, 0.6) is 34.5 Å². The number of carbonyl (C=O) groups is 1. The van der Waals surface area contributed by atoms with Crippen LogP contribution in [0.3, 0.4) is 0 Å². The Morgan fingerprint density at radius 3 is 1.69 bits per heavy atom. The smallest absolute Gasteiger partial charge is 0.343 e. The van der Waals surface area contributed by atoms with Gasteiger partial charge in [-0.3, -0.25) is 4.98 Å². The van der Waals surface area contributed by atoms with Crippen LogP contribution in [0.2, 0.25) is 0 Å². The summed E-state index contributed by atoms with van der Waals surface area (Å²) in [6.45, 7) is 1.84. The van der Waals surface area contributed by atoms with Gasteiger partial charge in [-0.05, 0) is 98.6 Å². The molecular formula is C33H24F3NO5. The number of benzene rings is 4. The van der Waals surface area contributed by atoms with Crippen LogP contribution in [0, 0.1) is 17.5 Å². The zero-order chi connectivity index (χ0) is 29.2. The van der Waals surface area contributed by atoms with E-state index in [4.69, 9.17) is 23.9 Å². The fraction of sp³-hybridized carbons (Fsp3) is 0.152. The maximum atomic E-state index is 13.7. The second-order valence-electron chi connectivity index (χ2n) is 9.68. The summed E-state index contributed by atoms with van der Waals surface area (Å²) in [6, 6.07) is 19.5. The fourth-order valence-electron chi connectivity index (χ4n) is 4.46. The predicted molar refractivity (Wildman–Crippen MR) is 149 cm³/mol. The molecule has 1 aliphatic rings. The van der Waals surface area contributed by atoms with E-state index in [1.807, 2.05) is 0 Å². The maximum Gasteiger partial charge on any atom is 0.343 e. The quantitative estimate of drug-likeness (QED) is 0.164. The highest BCUT2D eigenvalue weighted by Gasteiger charge is 2.35. The molecule has 0 radical (unpaired) electrons. The van der Waals surface area contributed by atoms with E-state index in [0.717, 1.165) is 12.8 Å². The molecule has 1 fully saturated rings. The van der Waals surface area contributed by atoms with Gasteiger partial charge in [0.2, 0.25) is 0 Å². The van der Waals surface area contributed by atoms with Gasteiger partial charge in [0.1, 0.15) is 40.3 Å². The number of esters is 1. The number of hydrogen-bond acceptors (Lipinski definition) is 6. The minimum absolute atomic E-state index is 0.0287. The summed E-state index contributed by atoms with van der Waals surface area (Å²) < 4.78 is 64.7. The van der Waals surface area contributed by atoms with Crippen molar-refractivity contribution in [2.75, 3.05) is 6.61 Å². The summed E-state index contributed by atoms with van der Waals surface area (Å²) in [6.07, 6.45) is 1.68. The summed E-state index contributed by atoms with van der Waals surface area (Å²) in [4.78, 5) is 18.2. The fourth-order valence-corrected chi connectivity index (χ4v) is 4.46. The van der Waals surface area contributed by atoms with Gasteiger partial charge in [0.25, 0.3) is 0 Å². The number of rotatable bonds is 9. The third kappa shape index (κ3) is 5.85. The standard InChI is InChI=1S/C33H24F3NO5/c1-2-39-33(38)30-31(19-3-4-19)37-27-18-29(41-24-13-7-21(35)8-14-24)28(40-23-11-5-20(34)6-12-23)17-26(27)32(30)42-25-15-9-22(36)10-16-25/h5-19H,2-4H2,1H3. The highest BCUT2D eigenvalue weighted by molar-refractivity contribution is 6.02. The third-order valence-corrected chi connectivity index (χ3v) is 6.59. The summed E-state index contributed by atoms with van der Waals surface area (Å²) in [5, 5.41) is 0.398. The lowest BCUT2D eigenvalue weighted by Crippen LogP contribution is -2.12. The lowest BCUT2D eigenvalue weighted by molar-refractivity contribution is 0.0522. The van der Waals surface area contributed by atoms with E-state index < -0.39 is 23.4 Å². The molecular weight excluding hydrogens is 547 g/mol. The Labute approximate surface area is 239 Å². The van der Waals surface area contributed by atoms with Gasteiger partial charge < -0.3 is 18.9 Å². The minimum atomic E-state index is -0.599. The van der Waals surface area contributed by atoms with Gasteiger partial charge in [0.15, 0.2) is 17.2 Å². The molecule has 0 N–H and O–H groups in total. The second kappa shape index (κ2) is 11.4. The van der Waals surface area contributed by atoms with E-state index in [9.17, 15) is 18.0 Å². The van der Waals surface area contributed by atoms with Gasteiger partial charge >= 0.3 is 5.97 Å². The molecule has 42 heavy (non-hydrogen) atoms. The van der Waals surface area contributed by atoms with Gasteiger partial charge in [-0.1, -0.05) is 0 Å². The molecule has 0 spiro atoms. The molecule has 0 aliphatic heterocycles. The number of aromatic nitrogens is 1. The summed E-state index contributed by atoms with van der Waals surface area (Å²) in [5.41, 5.74) is 1.14. The van der Waals surface area contributed by atoms with Gasteiger partial charge in [-0.2, -0.15) is 0 Å². The predicted octanol–water partition coefficient (Wildman–Crippen LogP) is 9.08. The normalized spacial score (nSPS) is 12.7. The van der Waals surface area contributed by atoms with Gasteiger partial charge in [-0.25, -0.2) is 18.0 Å². The first-order valence-electron chi connectivity index (χ1n) is 13.4. The minimum Gasteiger partial charge on any atom is -0.462 e. The van der Waals surface area contributed by atoms with Crippen LogP contribution >= 0.6 is 0 Å². The lowest BCUT2D eigenvalue weighted by Gasteiger charge is -2.19. The zero-order valence-electron chi connectivity index (χ0n) is 22.4. The van der Waals surface area contributed by atoms with Crippen LogP contribution in [0.15, 0.2) is 84.9 Å². The Balaban J connectivity index is 1.57. The molecule has 0 unspecified atom stereocenters. The highest BCUT2D eigenvalue weighted by Crippen LogP contribution is 2.48. The van der Waals surface area contributed by atoms with E-state index in [0.29, 0.717) is 33.8 Å². The highest BCUT2D eigenvalue weighted by atomic mass is 19.1. The number of carbonyl (C=O) groups excluding carboxylic acids is 1. The molecule has 0 atom stereocenters. The maximum absolute atomic E-state index is 13.7. The topological polar surface area (TPSA) is 66.9 Å². The van der Waals surface area contributed by atoms with E-state index in [-0.39, 0.29) is 35.3 Å². The monoisotopic (exact) mass is 571 g/mol. The van der Waals surface area contributed by atoms with Crippen molar-refractivity contribution >= 4 is 16.9 Å². The van der Waals surface area contributed by atoms with E-state index >= 15 is 0 Å². The van der Waals surface area contributed by atoms with Gasteiger partial charge in [0, 0.05) is 17.4 Å². The van der Waals surface area contributed by atoms with Crippen LogP contribution in [0.1, 0.15) is 41.7 Å². The number of pyridine rings is 1. The summed E-state index contributed by atoms with van der Waals surface area (Å²) >= 11 is 0. The van der Waals surface area contributed by atoms with E-state index in [1.54, 1.807) is 19.1 Å². The second-order valence-corrected chi connectivity index (χ2v) is 9.68. The summed E-state index contributed by atoms with van der Waals surface area (Å²) in [5.74, 6) is -0.316. The van der Waals surface area contributed by atoms with Crippen LogP contribution < -0.4 is 14.2 Å². The first-order chi connectivity index (χ1) is 20.4. The lowest BCUT2D eigenvalue weighted by atomic mass is 10.0. The average Bonchev–Trinajstić information content (AvgIpc) is 3.83. The number of nitrogens with zero attached hydrogens (tertiary/aromatic N) is 1. The Kier molecular flexibility index (Phi) is 7.39. The average molecular weight is 572 g/mol. The van der Waals surface area contributed by atoms with Crippen molar-refractivity contribution in [3.8, 4) is 34.5 Å². The molecule has 0 bridgehead atoms. The largest absolute Gasteiger partial charge is 0.462 e. The SMILES string of the molecule is CCOC(=O)c1c(C2CC2)nc2cc(Oc3ccc(F)cc3)c(Oc3ccc(F)cc3)cc2c1Oc1ccc(F)cc1. The number of ether oxygens (including phenoxy) is 4. The molecule has 9 heteroatoms. The van der Waals surface area contributed by atoms with Crippen LogP contribution in [0.25, 0.3) is 10.9 Å². The molecule has 1 saturated carbocycles. The Bertz CT molecular complexity index is 1750. The molecule has 5 aromatic rings. The van der Waals surface area contributed by atoms with Crippen molar-refractivity contribution in [3.63, 3.8) is 0 Å². The molecule has 6 rings (SSSR count). The third-order valence-electron chi connectivity index (χ3n) is 6.59. The molecule has 0 saturated heterocycles. The molecule has 212 valence electrons. The van der Waals surface area contributed by atoms with Crippen molar-refractivity contribution < 1.29 is 36.9 Å². The van der Waals surface area contributed by atoms with Gasteiger partial charge in [-0.15, -0.1) is 0 Å². The first kappa shape index (κ1) is 27.1. The van der Waals surface area contributed by atoms with Crippen molar-refractivity contribution in [1.82, 2.24) is 4.98 Å². The first-order valence-corrected chi connectivity index (χ1v) is 13.4. The zero-order valence-corrected chi connectivity index (χ0v) is 22.4. The molecule has 0 amide bonds. The molecule has 4 aromatic carbocycles. The van der Waals surface area contributed by atoms with E-state index in [2.05, 4.69) is 0 Å². The molecule has 6 nitrogen and oxygen atoms in total. The molecule has 1 aliphatic carbocycles. The Morgan fingerprint density at radius 1 is 0.738 bits per heavy atom. The van der Waals surface area contributed by atoms with Crippen LogP contribution in [-0.2, 0) is 4.74 Å². The van der Waals surface area contributed by atoms with Crippen molar-refractivity contribution in [3.05, 3.63) is 114 Å². The van der Waals surface area contributed by atoms with Gasteiger partial charge in [0.05, 0.1) is 17.8 Å². The molecule has 1 heterocycles. The Hall–Kier alpha value is -5.05. The van der Waals surface area contributed by atoms with Crippen LogP contribution in [-0.4, -0.2) is 17.6 Å². The number of hydrogen-bond donors (Lipinski definition) is 0. The summed E-state index contributed by atoms with van der Waals surface area (Å²) in [7, 11) is 0. The van der Waals surface area contributed by atoms with E-state index in [1.165, 1.54) is 72.8 Å². The number of fused-ring (bicyclic) bond motifs is 1. The number of halogens is 3. The van der Waals surface area contributed by atoms with Crippen molar-refractivity contribution in [2.45, 2.75) is 25.7 Å². The van der Waals surface area contributed by atoms with Crippen molar-refractivity contribution in [1.29, 1.82) is 0 Å². The van der Waals surface area contributed by atoms with Crippen molar-refractivity contribution in [2.24, 2.45) is 0 Å². The molecule has 1 aromatic heterocycles. The Morgan fingerprint density at radius 2 is 1.21 bits per heavy atom.